The van der Waals surface area contributed by atoms with Crippen LogP contribution in [0.2, 0.25) is 36.3 Å². The number of carbonyl (C=O) groups excluding carboxylic acids is 1. The molecule has 4 unspecified atom stereocenters. The van der Waals surface area contributed by atoms with Crippen LogP contribution in [0.3, 0.4) is 0 Å². The maximum atomic E-state index is 12.5. The normalized spacial score (nSPS) is 16.5. The molecule has 1 aromatic rings. The lowest BCUT2D eigenvalue weighted by molar-refractivity contribution is -0.157. The average molecular weight is 596 g/mol. The summed E-state index contributed by atoms with van der Waals surface area (Å²) in [7, 11) is -3.77. The molecule has 0 heterocycles. The highest BCUT2D eigenvalue weighted by Gasteiger charge is 2.40. The van der Waals surface area contributed by atoms with Crippen LogP contribution < -0.4 is 0 Å². The Morgan fingerprint density at radius 1 is 0.850 bits per heavy atom. The first-order valence-electron chi connectivity index (χ1n) is 15.1. The van der Waals surface area contributed by atoms with Gasteiger partial charge in [-0.3, -0.25) is 4.90 Å². The van der Waals surface area contributed by atoms with Crippen molar-refractivity contribution < 1.29 is 23.5 Å². The van der Waals surface area contributed by atoms with Gasteiger partial charge in [0.25, 0.3) is 0 Å². The maximum absolute atomic E-state index is 12.5. The molecule has 6 nitrogen and oxygen atoms in total. The van der Waals surface area contributed by atoms with Gasteiger partial charge in [-0.05, 0) is 81.0 Å². The number of nitrogens with zero attached hydrogens (tertiary/aromatic N) is 1. The molecule has 1 N–H and O–H groups in total. The van der Waals surface area contributed by atoms with Crippen LogP contribution in [0, 0.1) is 5.92 Å². The Kier molecular flexibility index (Phi) is 14.3. The largest absolute Gasteiger partial charge is 0.459 e. The molecule has 0 saturated heterocycles. The number of ether oxygens (including phenoxy) is 1. The summed E-state index contributed by atoms with van der Waals surface area (Å²) >= 11 is 0. The Morgan fingerprint density at radius 3 is 1.73 bits per heavy atom. The van der Waals surface area contributed by atoms with Crippen LogP contribution in [0.5, 0.6) is 0 Å². The fourth-order valence-corrected chi connectivity index (χ4v) is 7.13. The Labute approximate surface area is 248 Å². The molecule has 0 radical (unpaired) electrons. The molecule has 0 amide bonds. The average Bonchev–Trinajstić information content (AvgIpc) is 2.80. The number of hydrogen-bond donors (Lipinski definition) is 1. The summed E-state index contributed by atoms with van der Waals surface area (Å²) in [5, 5.41) is 10.9. The van der Waals surface area contributed by atoms with Gasteiger partial charge in [0.05, 0.1) is 12.2 Å². The Morgan fingerprint density at radius 2 is 1.30 bits per heavy atom. The zero-order chi connectivity index (χ0) is 30.9. The first-order valence-corrected chi connectivity index (χ1v) is 20.9. The lowest BCUT2D eigenvalue weighted by Crippen LogP contribution is -2.49. The lowest BCUT2D eigenvalue weighted by Gasteiger charge is -2.41. The molecule has 4 atom stereocenters. The molecule has 0 bridgehead atoms. The number of aliphatic hydroxyl groups is 1. The van der Waals surface area contributed by atoms with E-state index in [0.717, 1.165) is 38.0 Å². The van der Waals surface area contributed by atoms with E-state index >= 15 is 0 Å². The van der Waals surface area contributed by atoms with E-state index in [1.165, 1.54) is 0 Å². The van der Waals surface area contributed by atoms with E-state index in [0.29, 0.717) is 0 Å². The zero-order valence-corrected chi connectivity index (χ0v) is 30.0. The molecule has 40 heavy (non-hydrogen) atoms. The second kappa shape index (κ2) is 15.4. The lowest BCUT2D eigenvalue weighted by atomic mass is 9.98. The topological polar surface area (TPSA) is 68.2 Å². The molecule has 0 saturated carbocycles. The van der Waals surface area contributed by atoms with Crippen molar-refractivity contribution in [3.05, 3.63) is 35.9 Å². The third-order valence-electron chi connectivity index (χ3n) is 8.77. The van der Waals surface area contributed by atoms with Crippen LogP contribution in [0.25, 0.3) is 0 Å². The minimum Gasteiger partial charge on any atom is -0.459 e. The minimum atomic E-state index is -1.88. The van der Waals surface area contributed by atoms with Crippen molar-refractivity contribution >= 4 is 22.6 Å². The Bertz CT molecular complexity index is 844. The maximum Gasteiger partial charge on any atom is 0.335 e. The summed E-state index contributed by atoms with van der Waals surface area (Å²) in [4.78, 5) is 14.9. The van der Waals surface area contributed by atoms with E-state index in [4.69, 9.17) is 13.6 Å². The zero-order valence-electron chi connectivity index (χ0n) is 28.0. The minimum absolute atomic E-state index is 0.108. The second-order valence-electron chi connectivity index (χ2n) is 14.8. The number of rotatable bonds is 16. The third kappa shape index (κ3) is 12.5. The van der Waals surface area contributed by atoms with E-state index in [1.54, 1.807) is 0 Å². The van der Waals surface area contributed by atoms with Gasteiger partial charge in [0.2, 0.25) is 0 Å². The first kappa shape index (κ1) is 37.0. The van der Waals surface area contributed by atoms with E-state index in [2.05, 4.69) is 86.5 Å². The van der Waals surface area contributed by atoms with E-state index in [-0.39, 0.29) is 34.8 Å². The molecule has 0 aliphatic rings. The van der Waals surface area contributed by atoms with Crippen LogP contribution in [0.4, 0.5) is 0 Å². The molecular formula is C32H61NO5Si2. The van der Waals surface area contributed by atoms with Crippen LogP contribution >= 0.6 is 0 Å². The van der Waals surface area contributed by atoms with Gasteiger partial charge in [0, 0.05) is 13.1 Å². The van der Waals surface area contributed by atoms with Crippen LogP contribution in [-0.2, 0) is 25.0 Å². The van der Waals surface area contributed by atoms with Gasteiger partial charge in [-0.1, -0.05) is 78.8 Å². The highest BCUT2D eigenvalue weighted by molar-refractivity contribution is 6.74. The molecule has 0 spiro atoms. The quantitative estimate of drug-likeness (QED) is 0.157. The van der Waals surface area contributed by atoms with Crippen LogP contribution in [0.1, 0.15) is 80.7 Å². The van der Waals surface area contributed by atoms with E-state index < -0.39 is 28.7 Å². The second-order valence-corrected chi connectivity index (χ2v) is 24.3. The van der Waals surface area contributed by atoms with Gasteiger partial charge in [0.15, 0.2) is 22.7 Å². The van der Waals surface area contributed by atoms with Crippen molar-refractivity contribution in [2.45, 2.75) is 136 Å². The molecule has 0 aliphatic carbocycles. The van der Waals surface area contributed by atoms with Crippen molar-refractivity contribution in [3.63, 3.8) is 0 Å². The number of esters is 1. The van der Waals surface area contributed by atoms with Crippen molar-refractivity contribution in [1.29, 1.82) is 0 Å². The molecule has 0 aromatic heterocycles. The van der Waals surface area contributed by atoms with Crippen molar-refractivity contribution in [1.82, 2.24) is 4.90 Å². The van der Waals surface area contributed by atoms with Crippen LogP contribution in [-0.4, -0.2) is 70.6 Å². The first-order chi connectivity index (χ1) is 18.2. The smallest absolute Gasteiger partial charge is 0.335 e. The predicted octanol–water partition coefficient (Wildman–Crippen LogP) is 7.63. The molecule has 1 rings (SSSR count). The molecule has 232 valence electrons. The molecule has 8 heteroatoms. The summed E-state index contributed by atoms with van der Waals surface area (Å²) in [5.74, 6) is -0.743. The monoisotopic (exact) mass is 595 g/mol. The van der Waals surface area contributed by atoms with Gasteiger partial charge in [-0.15, -0.1) is 0 Å². The summed E-state index contributed by atoms with van der Waals surface area (Å²) in [5.41, 5.74) is 0.912. The third-order valence-corrected chi connectivity index (χ3v) is 18.0. The number of aliphatic hydroxyl groups excluding tert-OH is 1. The highest BCUT2D eigenvalue weighted by Crippen LogP contribution is 2.38. The highest BCUT2D eigenvalue weighted by atomic mass is 28.4. The van der Waals surface area contributed by atoms with Gasteiger partial charge in [-0.2, -0.15) is 0 Å². The molecule has 0 aliphatic heterocycles. The van der Waals surface area contributed by atoms with Gasteiger partial charge >= 0.3 is 5.97 Å². The number of carbonyl (C=O) groups is 1. The summed E-state index contributed by atoms with van der Waals surface area (Å²) in [6.07, 6.45) is 0.685. The molecular weight excluding hydrogens is 535 g/mol. The Balaban J connectivity index is 2.78. The summed E-state index contributed by atoms with van der Waals surface area (Å²) in [6.45, 7) is 31.8. The SMILES string of the molecule is CC(CN(CCCC(C)C(O)C(=O)OCc1ccccc1)CC(C)O[Si](C)(C)C(C)(C)C)O[Si](C)(C)C(C)(C)C. The van der Waals surface area contributed by atoms with E-state index in [1.807, 2.05) is 37.3 Å². The predicted molar refractivity (Wildman–Crippen MR) is 173 cm³/mol. The molecule has 0 fully saturated rings. The fourth-order valence-electron chi connectivity index (χ4n) is 4.26. The van der Waals surface area contributed by atoms with Crippen molar-refractivity contribution in [3.8, 4) is 0 Å². The standard InChI is InChI=1S/C32H61NO5Si2/c1-25(29(34)30(35)36-24-28-19-15-14-16-20-28)18-17-21-33(22-26(2)37-39(10,11)31(4,5)6)23-27(3)38-40(12,13)32(7,8)9/h14-16,19-20,25-27,29,34H,17-18,21-24H2,1-13H3. The Hall–Kier alpha value is -1.04. The molecule has 1 aromatic carbocycles. The van der Waals surface area contributed by atoms with Gasteiger partial charge in [-0.25, -0.2) is 4.79 Å². The van der Waals surface area contributed by atoms with Crippen molar-refractivity contribution in [2.75, 3.05) is 19.6 Å². The van der Waals surface area contributed by atoms with Crippen LogP contribution in [0.15, 0.2) is 30.3 Å². The summed E-state index contributed by atoms with van der Waals surface area (Å²) in [6, 6.07) is 9.55. The van der Waals surface area contributed by atoms with Gasteiger partial charge < -0.3 is 18.7 Å². The van der Waals surface area contributed by atoms with E-state index in [9.17, 15) is 9.90 Å². The van der Waals surface area contributed by atoms with Crippen molar-refractivity contribution in [2.24, 2.45) is 5.92 Å². The van der Waals surface area contributed by atoms with Gasteiger partial charge in [0.1, 0.15) is 6.61 Å². The number of hydrogen-bond acceptors (Lipinski definition) is 6. The fraction of sp³-hybridized carbons (Fsp3) is 0.781. The summed E-state index contributed by atoms with van der Waals surface area (Å²) < 4.78 is 18.8. The number of benzene rings is 1.